The minimum absolute atomic E-state index is 0.0127. The number of carbonyl (C=O) groups is 7. The Morgan fingerprint density at radius 1 is 0.857 bits per heavy atom. The summed E-state index contributed by atoms with van der Waals surface area (Å²) in [6, 6.07) is 8.49. The van der Waals surface area contributed by atoms with Gasteiger partial charge in [0, 0.05) is 67.7 Å². The summed E-state index contributed by atoms with van der Waals surface area (Å²) in [5, 5.41) is 17.1. The van der Waals surface area contributed by atoms with Gasteiger partial charge in [0.25, 0.3) is 23.6 Å². The van der Waals surface area contributed by atoms with Gasteiger partial charge in [-0.1, -0.05) is 12.1 Å². The van der Waals surface area contributed by atoms with E-state index in [0.29, 0.717) is 37.0 Å². The maximum Gasteiger partial charge on any atom is 0.417 e. The summed E-state index contributed by atoms with van der Waals surface area (Å²) >= 11 is 0. The molecule has 3 aliphatic heterocycles. The fourth-order valence-corrected chi connectivity index (χ4v) is 7.88. The van der Waals surface area contributed by atoms with E-state index in [1.54, 1.807) is 6.07 Å². The van der Waals surface area contributed by atoms with Crippen LogP contribution in [0.3, 0.4) is 0 Å². The highest BCUT2D eigenvalue weighted by atomic mass is 19.4. The van der Waals surface area contributed by atoms with E-state index in [0.717, 1.165) is 23.8 Å². The summed E-state index contributed by atoms with van der Waals surface area (Å²) in [4.78, 5) is 101. The molecule has 0 radical (unpaired) electrons. The smallest absolute Gasteiger partial charge is 0.381 e. The number of unbranched alkanes of at least 4 members (excludes halogenated alkanes) is 1. The minimum Gasteiger partial charge on any atom is -0.381 e. The second-order valence-corrected chi connectivity index (χ2v) is 16.0. The minimum atomic E-state index is -4.75. The maximum atomic E-state index is 14.5. The number of aromatic nitrogens is 2. The number of alkyl halides is 3. The fourth-order valence-electron chi connectivity index (χ4n) is 7.88. The molecule has 1 atom stereocenters. The highest BCUT2D eigenvalue weighted by molar-refractivity contribution is 6.25. The van der Waals surface area contributed by atoms with Crippen LogP contribution in [-0.4, -0.2) is 119 Å². The average molecular weight is 869 g/mol. The lowest BCUT2D eigenvalue weighted by molar-refractivity contribution is -0.137. The Morgan fingerprint density at radius 3 is 2.30 bits per heavy atom. The van der Waals surface area contributed by atoms with Gasteiger partial charge in [0.15, 0.2) is 0 Å². The molecule has 328 valence electrons. The van der Waals surface area contributed by atoms with Crippen molar-refractivity contribution in [1.29, 1.82) is 0 Å². The number of rotatable bonds is 15. The van der Waals surface area contributed by atoms with Crippen molar-refractivity contribution in [3.8, 4) is 11.1 Å². The number of amides is 7. The lowest BCUT2D eigenvalue weighted by atomic mass is 9.96. The molecule has 0 bridgehead atoms. The Balaban J connectivity index is 0.841. The second kappa shape index (κ2) is 17.4. The van der Waals surface area contributed by atoms with Gasteiger partial charge in [0.05, 0.1) is 46.0 Å². The average Bonchev–Trinajstić information content (AvgIpc) is 4.03. The number of likely N-dealkylation sites (tertiary alicyclic amines) is 1. The molecule has 4 aromatic rings. The molecule has 0 spiro atoms. The summed E-state index contributed by atoms with van der Waals surface area (Å²) in [6.45, 7) is 1.61. The Kier molecular flexibility index (Phi) is 11.8. The van der Waals surface area contributed by atoms with Crippen LogP contribution in [0.25, 0.3) is 22.0 Å². The topological polar surface area (TPSA) is 224 Å². The zero-order valence-corrected chi connectivity index (χ0v) is 34.0. The summed E-state index contributed by atoms with van der Waals surface area (Å²) in [5.41, 5.74) is 0.0401. The molecule has 2 aromatic carbocycles. The molecule has 20 heteroatoms. The molecule has 4 aliphatic rings. The number of benzene rings is 2. The van der Waals surface area contributed by atoms with Crippen LogP contribution in [0.15, 0.2) is 54.9 Å². The summed E-state index contributed by atoms with van der Waals surface area (Å²) in [5.74, 6) is -3.90. The maximum absolute atomic E-state index is 14.5. The third-order valence-electron chi connectivity index (χ3n) is 11.3. The van der Waals surface area contributed by atoms with Crippen LogP contribution in [-0.2, 0) is 20.6 Å². The number of imide groups is 2. The zero-order valence-electron chi connectivity index (χ0n) is 34.0. The summed E-state index contributed by atoms with van der Waals surface area (Å²) < 4.78 is 43.5. The predicted octanol–water partition coefficient (Wildman–Crippen LogP) is 3.07. The van der Waals surface area contributed by atoms with Gasteiger partial charge in [-0.25, -0.2) is 0 Å². The zero-order chi connectivity index (χ0) is 44.6. The standard InChI is InChI=1S/C43H43F3N10O7/c1-55-20-24(21-55)53-38(59)28-18-50-32-16-29(43(44,45)46)26(15-27(32)37(28)52-23-8-9-23)22-7-10-31(49-17-22)39(60)48-14-3-2-13-47-35(58)19-51-30-6-4-5-25-36(30)42(63)56(41(25)62)33-11-12-34(57)54-40(33)61/h4-7,10,15-18,23-24,33,51H,2-3,8-9,11-14,19-21H2,1H3,(H,47,58)(H,48,60)(H,50,52)(H,53,59)(H,54,57,61). The van der Waals surface area contributed by atoms with Crippen LogP contribution in [0, 0.1) is 0 Å². The van der Waals surface area contributed by atoms with Crippen LogP contribution in [0.2, 0.25) is 0 Å². The highest BCUT2D eigenvalue weighted by Crippen LogP contribution is 2.42. The Labute approximate surface area is 357 Å². The van der Waals surface area contributed by atoms with Crippen molar-refractivity contribution in [2.24, 2.45) is 0 Å². The lowest BCUT2D eigenvalue weighted by Gasteiger charge is -2.36. The quantitative estimate of drug-likeness (QED) is 0.0750. The van der Waals surface area contributed by atoms with Crippen molar-refractivity contribution in [1.82, 2.24) is 41.0 Å². The molecule has 3 fully saturated rings. The lowest BCUT2D eigenvalue weighted by Crippen LogP contribution is -2.57. The second-order valence-electron chi connectivity index (χ2n) is 16.0. The van der Waals surface area contributed by atoms with E-state index < -0.39 is 53.2 Å². The molecule has 8 rings (SSSR count). The molecule has 17 nitrogen and oxygen atoms in total. The first-order chi connectivity index (χ1) is 30.2. The number of pyridine rings is 2. The Bertz CT molecular complexity index is 2540. The predicted molar refractivity (Wildman–Crippen MR) is 222 cm³/mol. The summed E-state index contributed by atoms with van der Waals surface area (Å²) in [6.07, 6.45) is 0.419. The third kappa shape index (κ3) is 9.16. The number of nitrogens with zero attached hydrogens (tertiary/aromatic N) is 4. The first kappa shape index (κ1) is 42.7. The normalized spacial score (nSPS) is 17.8. The largest absolute Gasteiger partial charge is 0.417 e. The van der Waals surface area contributed by atoms with E-state index in [1.165, 1.54) is 42.7 Å². The highest BCUT2D eigenvalue weighted by Gasteiger charge is 2.45. The summed E-state index contributed by atoms with van der Waals surface area (Å²) in [7, 11) is 1.93. The SMILES string of the molecule is CN1CC(NC(=O)c2cnc3cc(C(F)(F)F)c(-c4ccc(C(=O)NCCCCNC(=O)CNc5cccc6c5C(=O)N(C5CCC(=O)NC5=O)C6=O)nc4)cc3c2NC2CC2)C1. The van der Waals surface area contributed by atoms with E-state index >= 15 is 0 Å². The number of nitrogens with one attached hydrogen (secondary N) is 6. The van der Waals surface area contributed by atoms with E-state index in [2.05, 4.69) is 41.9 Å². The van der Waals surface area contributed by atoms with Gasteiger partial charge in [-0.05, 0) is 75.0 Å². The van der Waals surface area contributed by atoms with Crippen molar-refractivity contribution >= 4 is 63.6 Å². The van der Waals surface area contributed by atoms with Crippen molar-refractivity contribution in [3.05, 3.63) is 82.8 Å². The van der Waals surface area contributed by atoms with Crippen LogP contribution in [0.4, 0.5) is 24.5 Å². The van der Waals surface area contributed by atoms with Crippen molar-refractivity contribution in [2.75, 3.05) is 50.4 Å². The molecule has 63 heavy (non-hydrogen) atoms. The molecule has 1 aliphatic carbocycles. The van der Waals surface area contributed by atoms with Gasteiger partial charge in [0.2, 0.25) is 17.7 Å². The van der Waals surface area contributed by atoms with Crippen LogP contribution >= 0.6 is 0 Å². The molecule has 1 unspecified atom stereocenters. The van der Waals surface area contributed by atoms with Crippen molar-refractivity contribution in [3.63, 3.8) is 0 Å². The van der Waals surface area contributed by atoms with Gasteiger partial charge < -0.3 is 31.5 Å². The van der Waals surface area contributed by atoms with Gasteiger partial charge in [-0.15, -0.1) is 0 Å². The Hall–Kier alpha value is -6.96. The van der Waals surface area contributed by atoms with Gasteiger partial charge in [-0.3, -0.25) is 53.7 Å². The number of piperidine rings is 1. The molecule has 2 aromatic heterocycles. The molecule has 7 amide bonds. The molecule has 6 N–H and O–H groups in total. The molecular formula is C43H43F3N10O7. The third-order valence-corrected chi connectivity index (χ3v) is 11.3. The van der Waals surface area contributed by atoms with E-state index in [9.17, 15) is 46.7 Å². The van der Waals surface area contributed by atoms with Crippen LogP contribution in [0.1, 0.15) is 85.7 Å². The number of carbonyl (C=O) groups excluding carboxylic acids is 7. The van der Waals surface area contributed by atoms with E-state index in [-0.39, 0.29) is 95.2 Å². The van der Waals surface area contributed by atoms with Crippen molar-refractivity contribution < 1.29 is 46.7 Å². The van der Waals surface area contributed by atoms with Crippen LogP contribution < -0.4 is 31.9 Å². The number of halogens is 3. The number of hydrogen-bond donors (Lipinski definition) is 6. The monoisotopic (exact) mass is 868 g/mol. The van der Waals surface area contributed by atoms with Gasteiger partial charge >= 0.3 is 6.18 Å². The first-order valence-electron chi connectivity index (χ1n) is 20.6. The fraction of sp³-hybridized carbons (Fsp3) is 0.372. The van der Waals surface area contributed by atoms with E-state index in [4.69, 9.17) is 0 Å². The number of likely N-dealkylation sites (N-methyl/N-ethyl adjacent to an activating group) is 1. The molecule has 1 saturated carbocycles. The van der Waals surface area contributed by atoms with E-state index in [1.807, 2.05) is 11.9 Å². The van der Waals surface area contributed by atoms with Crippen LogP contribution in [0.5, 0.6) is 0 Å². The number of hydrogen-bond acceptors (Lipinski definition) is 12. The van der Waals surface area contributed by atoms with Gasteiger partial charge in [0.1, 0.15) is 11.7 Å². The molecular weight excluding hydrogens is 826 g/mol. The number of fused-ring (bicyclic) bond motifs is 2. The molecule has 5 heterocycles. The van der Waals surface area contributed by atoms with Gasteiger partial charge in [-0.2, -0.15) is 13.2 Å². The first-order valence-corrected chi connectivity index (χ1v) is 20.6. The number of anilines is 2. The van der Waals surface area contributed by atoms with Crippen molar-refractivity contribution in [2.45, 2.75) is 62.8 Å². The Morgan fingerprint density at radius 2 is 1.62 bits per heavy atom. The molecule has 2 saturated heterocycles.